The number of nitrogens with zero attached hydrogens (tertiary/aromatic N) is 2. The quantitative estimate of drug-likeness (QED) is 0.794. The van der Waals surface area contributed by atoms with Crippen LogP contribution >= 0.6 is 0 Å². The standard InChI is InChI=1S/C15H13F3N2O/c1-8-6-11(15(16,17)18)4-5-12(8)14(21)13-7-9(2)19-20-10(13)3/h4-7H,1-3H3. The third-order valence-electron chi connectivity index (χ3n) is 3.14. The average Bonchev–Trinajstić information content (AvgIpc) is 2.39. The lowest BCUT2D eigenvalue weighted by molar-refractivity contribution is -0.137. The number of ketones is 1. The predicted octanol–water partition coefficient (Wildman–Crippen LogP) is 3.65. The second kappa shape index (κ2) is 5.27. The van der Waals surface area contributed by atoms with E-state index in [4.69, 9.17) is 0 Å². The summed E-state index contributed by atoms with van der Waals surface area (Å²) in [6, 6.07) is 4.68. The predicted molar refractivity (Wildman–Crippen MR) is 71.1 cm³/mol. The van der Waals surface area contributed by atoms with Crippen molar-refractivity contribution in [1.82, 2.24) is 10.2 Å². The molecular weight excluding hydrogens is 281 g/mol. The lowest BCUT2D eigenvalue weighted by atomic mass is 9.96. The number of aromatic nitrogens is 2. The lowest BCUT2D eigenvalue weighted by Crippen LogP contribution is -2.11. The lowest BCUT2D eigenvalue weighted by Gasteiger charge is -2.11. The van der Waals surface area contributed by atoms with Crippen molar-refractivity contribution in [1.29, 1.82) is 0 Å². The highest BCUT2D eigenvalue weighted by atomic mass is 19.4. The van der Waals surface area contributed by atoms with E-state index in [0.717, 1.165) is 12.1 Å². The van der Waals surface area contributed by atoms with Gasteiger partial charge in [-0.15, -0.1) is 0 Å². The van der Waals surface area contributed by atoms with Crippen molar-refractivity contribution in [3.05, 3.63) is 57.9 Å². The summed E-state index contributed by atoms with van der Waals surface area (Å²) in [5.74, 6) is -0.350. The molecular formula is C15H13F3N2O. The first kappa shape index (κ1) is 15.2. The van der Waals surface area contributed by atoms with Gasteiger partial charge in [-0.05, 0) is 44.5 Å². The van der Waals surface area contributed by atoms with E-state index in [0.29, 0.717) is 17.0 Å². The van der Waals surface area contributed by atoms with Crippen LogP contribution in [0.15, 0.2) is 24.3 Å². The molecule has 0 amide bonds. The van der Waals surface area contributed by atoms with Gasteiger partial charge in [-0.2, -0.15) is 23.4 Å². The molecule has 0 unspecified atom stereocenters. The molecule has 0 N–H and O–H groups in total. The Balaban J connectivity index is 2.47. The number of carbonyl (C=O) groups is 1. The SMILES string of the molecule is Cc1cc(C(=O)c2ccc(C(F)(F)F)cc2C)c(C)nn1. The molecule has 0 fully saturated rings. The first-order valence-corrected chi connectivity index (χ1v) is 6.23. The molecule has 1 aromatic heterocycles. The summed E-state index contributed by atoms with van der Waals surface area (Å²) in [5.41, 5.74) is 1.13. The number of hydrogen-bond acceptors (Lipinski definition) is 3. The van der Waals surface area contributed by atoms with E-state index in [1.165, 1.54) is 13.0 Å². The Hall–Kier alpha value is -2.24. The minimum atomic E-state index is -4.42. The molecule has 110 valence electrons. The van der Waals surface area contributed by atoms with E-state index in [2.05, 4.69) is 10.2 Å². The Bertz CT molecular complexity index is 709. The van der Waals surface area contributed by atoms with Crippen LogP contribution in [-0.4, -0.2) is 16.0 Å². The van der Waals surface area contributed by atoms with Crippen LogP contribution in [0.1, 0.15) is 38.4 Å². The summed E-state index contributed by atoms with van der Waals surface area (Å²) in [6.45, 7) is 4.82. The van der Waals surface area contributed by atoms with Crippen molar-refractivity contribution in [2.75, 3.05) is 0 Å². The molecule has 2 aromatic rings. The number of rotatable bonds is 2. The zero-order valence-electron chi connectivity index (χ0n) is 11.7. The van der Waals surface area contributed by atoms with Crippen molar-refractivity contribution in [2.45, 2.75) is 26.9 Å². The van der Waals surface area contributed by atoms with E-state index in [9.17, 15) is 18.0 Å². The van der Waals surface area contributed by atoms with Crippen LogP contribution in [0.4, 0.5) is 13.2 Å². The first-order valence-electron chi connectivity index (χ1n) is 6.23. The van der Waals surface area contributed by atoms with Crippen molar-refractivity contribution < 1.29 is 18.0 Å². The van der Waals surface area contributed by atoms with Crippen molar-refractivity contribution in [2.24, 2.45) is 0 Å². The summed E-state index contributed by atoms with van der Waals surface area (Å²) in [5, 5.41) is 7.69. The number of carbonyl (C=O) groups excluding carboxylic acids is 1. The fraction of sp³-hybridized carbons (Fsp3) is 0.267. The van der Waals surface area contributed by atoms with Gasteiger partial charge in [0.2, 0.25) is 0 Å². The van der Waals surface area contributed by atoms with Gasteiger partial charge in [0.25, 0.3) is 0 Å². The van der Waals surface area contributed by atoms with Gasteiger partial charge < -0.3 is 0 Å². The Kier molecular flexibility index (Phi) is 3.80. The molecule has 0 bridgehead atoms. The maximum absolute atomic E-state index is 12.6. The molecule has 1 heterocycles. The Morgan fingerprint density at radius 1 is 1.00 bits per heavy atom. The van der Waals surface area contributed by atoms with Gasteiger partial charge in [-0.1, -0.05) is 6.07 Å². The normalized spacial score (nSPS) is 11.5. The maximum atomic E-state index is 12.6. The summed E-state index contributed by atoms with van der Waals surface area (Å²) in [7, 11) is 0. The third kappa shape index (κ3) is 3.09. The minimum absolute atomic E-state index is 0.235. The molecule has 2 rings (SSSR count). The van der Waals surface area contributed by atoms with Gasteiger partial charge in [0.15, 0.2) is 5.78 Å². The van der Waals surface area contributed by atoms with Gasteiger partial charge in [0, 0.05) is 11.1 Å². The molecule has 21 heavy (non-hydrogen) atoms. The van der Waals surface area contributed by atoms with Crippen LogP contribution in [-0.2, 0) is 6.18 Å². The highest BCUT2D eigenvalue weighted by molar-refractivity contribution is 6.10. The van der Waals surface area contributed by atoms with Crippen LogP contribution in [0, 0.1) is 20.8 Å². The molecule has 0 radical (unpaired) electrons. The second-order valence-electron chi connectivity index (χ2n) is 4.84. The van der Waals surface area contributed by atoms with Gasteiger partial charge in [0.1, 0.15) is 0 Å². The summed E-state index contributed by atoms with van der Waals surface area (Å²) in [4.78, 5) is 12.5. The molecule has 3 nitrogen and oxygen atoms in total. The van der Waals surface area contributed by atoms with E-state index in [-0.39, 0.29) is 16.9 Å². The smallest absolute Gasteiger partial charge is 0.289 e. The Labute approximate surface area is 119 Å². The zero-order chi connectivity index (χ0) is 15.8. The number of halogens is 3. The summed E-state index contributed by atoms with van der Waals surface area (Å²) in [6.07, 6.45) is -4.42. The van der Waals surface area contributed by atoms with Crippen LogP contribution < -0.4 is 0 Å². The van der Waals surface area contributed by atoms with E-state index >= 15 is 0 Å². The highest BCUT2D eigenvalue weighted by Crippen LogP contribution is 2.31. The number of aryl methyl sites for hydroxylation is 3. The molecule has 0 atom stereocenters. The second-order valence-corrected chi connectivity index (χ2v) is 4.84. The van der Waals surface area contributed by atoms with E-state index < -0.39 is 11.7 Å². The van der Waals surface area contributed by atoms with Gasteiger partial charge in [-0.3, -0.25) is 4.79 Å². The highest BCUT2D eigenvalue weighted by Gasteiger charge is 2.31. The molecule has 0 saturated carbocycles. The fourth-order valence-electron chi connectivity index (χ4n) is 2.02. The van der Waals surface area contributed by atoms with Crippen molar-refractivity contribution in [3.8, 4) is 0 Å². The molecule has 0 spiro atoms. The fourth-order valence-corrected chi connectivity index (χ4v) is 2.02. The van der Waals surface area contributed by atoms with Crippen LogP contribution in [0.25, 0.3) is 0 Å². The van der Waals surface area contributed by atoms with Crippen LogP contribution in [0.3, 0.4) is 0 Å². The largest absolute Gasteiger partial charge is 0.416 e. The number of benzene rings is 1. The first-order chi connectivity index (χ1) is 9.70. The molecule has 0 aliphatic carbocycles. The van der Waals surface area contributed by atoms with Gasteiger partial charge in [0.05, 0.1) is 17.0 Å². The summed E-state index contributed by atoms with van der Waals surface area (Å²) < 4.78 is 37.9. The molecule has 0 saturated heterocycles. The maximum Gasteiger partial charge on any atom is 0.416 e. The molecule has 0 aliphatic heterocycles. The monoisotopic (exact) mass is 294 g/mol. The average molecular weight is 294 g/mol. The van der Waals surface area contributed by atoms with E-state index in [1.54, 1.807) is 19.9 Å². The number of hydrogen-bond donors (Lipinski definition) is 0. The third-order valence-corrected chi connectivity index (χ3v) is 3.14. The van der Waals surface area contributed by atoms with Crippen molar-refractivity contribution >= 4 is 5.78 Å². The van der Waals surface area contributed by atoms with Crippen LogP contribution in [0.2, 0.25) is 0 Å². The molecule has 6 heteroatoms. The zero-order valence-corrected chi connectivity index (χ0v) is 11.7. The minimum Gasteiger partial charge on any atom is -0.289 e. The van der Waals surface area contributed by atoms with Gasteiger partial charge >= 0.3 is 6.18 Å². The molecule has 0 aliphatic rings. The van der Waals surface area contributed by atoms with Crippen molar-refractivity contribution in [3.63, 3.8) is 0 Å². The molecule has 1 aromatic carbocycles. The van der Waals surface area contributed by atoms with E-state index in [1.807, 2.05) is 0 Å². The topological polar surface area (TPSA) is 42.9 Å². The Morgan fingerprint density at radius 2 is 1.67 bits per heavy atom. The number of alkyl halides is 3. The Morgan fingerprint density at radius 3 is 2.24 bits per heavy atom. The van der Waals surface area contributed by atoms with Gasteiger partial charge in [-0.25, -0.2) is 0 Å². The summed E-state index contributed by atoms with van der Waals surface area (Å²) >= 11 is 0. The van der Waals surface area contributed by atoms with Crippen LogP contribution in [0.5, 0.6) is 0 Å².